The van der Waals surface area contributed by atoms with Crippen LogP contribution in [0, 0.1) is 0 Å². The second-order valence-corrected chi connectivity index (χ2v) is 5.08. The van der Waals surface area contributed by atoms with Gasteiger partial charge in [-0.15, -0.1) is 0 Å². The SMILES string of the molecule is C=C1/C=C\C=C/C[P+](=C)Oc2ccccc21. The Morgan fingerprint density at radius 3 is 2.88 bits per heavy atom. The maximum atomic E-state index is 5.85. The molecule has 16 heavy (non-hydrogen) atoms. The van der Waals surface area contributed by atoms with Crippen molar-refractivity contribution in [2.45, 2.75) is 0 Å². The zero-order chi connectivity index (χ0) is 11.4. The van der Waals surface area contributed by atoms with E-state index >= 15 is 0 Å². The summed E-state index contributed by atoms with van der Waals surface area (Å²) in [6, 6.07) is 7.96. The van der Waals surface area contributed by atoms with Crippen molar-refractivity contribution in [2.75, 3.05) is 6.16 Å². The number of rotatable bonds is 0. The van der Waals surface area contributed by atoms with Crippen molar-refractivity contribution in [1.82, 2.24) is 0 Å². The largest absolute Gasteiger partial charge is 0.303 e. The van der Waals surface area contributed by atoms with Gasteiger partial charge in [0.1, 0.15) is 6.30 Å². The standard InChI is InChI=1S/C14H14OP/c1-12-8-4-3-7-11-16(2)15-14-10-6-5-9-13(12)14/h3-10H,1-2,11H2/q+1/b7-3-,8-4-. The molecule has 0 aliphatic carbocycles. The van der Waals surface area contributed by atoms with Gasteiger partial charge in [-0.2, -0.15) is 0 Å². The van der Waals surface area contributed by atoms with Crippen molar-refractivity contribution in [2.24, 2.45) is 0 Å². The number of hydrogen-bond acceptors (Lipinski definition) is 1. The fraction of sp³-hybridized carbons (Fsp3) is 0.0714. The molecule has 0 N–H and O–H groups in total. The van der Waals surface area contributed by atoms with Gasteiger partial charge in [-0.1, -0.05) is 43.0 Å². The Balaban J connectivity index is 2.45. The van der Waals surface area contributed by atoms with Crippen LogP contribution in [0.5, 0.6) is 5.75 Å². The van der Waals surface area contributed by atoms with E-state index in [1.54, 1.807) is 0 Å². The average Bonchev–Trinajstić information content (AvgIpc) is 2.28. The van der Waals surface area contributed by atoms with Crippen molar-refractivity contribution in [3.05, 3.63) is 60.7 Å². The highest BCUT2D eigenvalue weighted by atomic mass is 31.1. The molecular formula is C14H14OP+. The zero-order valence-electron chi connectivity index (χ0n) is 9.10. The number of fused-ring (bicyclic) bond motifs is 1. The quantitative estimate of drug-likeness (QED) is 0.610. The van der Waals surface area contributed by atoms with Gasteiger partial charge in [-0.05, 0) is 17.7 Å². The van der Waals surface area contributed by atoms with E-state index in [2.05, 4.69) is 19.0 Å². The van der Waals surface area contributed by atoms with Gasteiger partial charge in [0, 0.05) is 5.56 Å². The molecule has 0 bridgehead atoms. The average molecular weight is 229 g/mol. The lowest BCUT2D eigenvalue weighted by Gasteiger charge is -2.06. The van der Waals surface area contributed by atoms with Crippen LogP contribution in [0.15, 0.2) is 55.1 Å². The first-order valence-corrected chi connectivity index (χ1v) is 6.78. The molecule has 0 amide bonds. The maximum Gasteiger partial charge on any atom is 0.303 e. The minimum Gasteiger partial charge on any atom is -0.291 e. The first-order chi connectivity index (χ1) is 7.77. The fourth-order valence-electron chi connectivity index (χ4n) is 1.51. The van der Waals surface area contributed by atoms with Gasteiger partial charge < -0.3 is 0 Å². The topological polar surface area (TPSA) is 9.23 Å². The van der Waals surface area contributed by atoms with E-state index in [0.29, 0.717) is 0 Å². The third kappa shape index (κ3) is 2.50. The van der Waals surface area contributed by atoms with E-state index in [4.69, 9.17) is 4.52 Å². The normalized spacial score (nSPS) is 21.8. The molecule has 1 nitrogen and oxygen atoms in total. The van der Waals surface area contributed by atoms with Crippen molar-refractivity contribution in [3.8, 4) is 5.75 Å². The molecule has 80 valence electrons. The van der Waals surface area contributed by atoms with Gasteiger partial charge in [-0.3, -0.25) is 4.52 Å². The van der Waals surface area contributed by atoms with E-state index < -0.39 is 7.77 Å². The van der Waals surface area contributed by atoms with Gasteiger partial charge in [0.15, 0.2) is 11.9 Å². The van der Waals surface area contributed by atoms with Crippen LogP contribution in [0.25, 0.3) is 5.57 Å². The van der Waals surface area contributed by atoms with E-state index in [1.165, 1.54) is 0 Å². The Kier molecular flexibility index (Phi) is 3.38. The molecule has 1 aliphatic rings. The second kappa shape index (κ2) is 4.96. The minimum absolute atomic E-state index is 0.682. The van der Waals surface area contributed by atoms with Gasteiger partial charge in [0.05, 0.1) is 0 Å². The number of para-hydroxylation sites is 1. The van der Waals surface area contributed by atoms with E-state index in [9.17, 15) is 0 Å². The molecule has 0 saturated heterocycles. The Hall–Kier alpha value is -1.59. The molecule has 1 atom stereocenters. The van der Waals surface area contributed by atoms with Gasteiger partial charge >= 0.3 is 7.77 Å². The van der Waals surface area contributed by atoms with Crippen LogP contribution in [0.4, 0.5) is 0 Å². The molecule has 1 aromatic rings. The first kappa shape index (κ1) is 10.9. The van der Waals surface area contributed by atoms with Gasteiger partial charge in [0.2, 0.25) is 0 Å². The highest BCUT2D eigenvalue weighted by molar-refractivity contribution is 7.51. The fourth-order valence-corrected chi connectivity index (χ4v) is 2.38. The lowest BCUT2D eigenvalue weighted by Crippen LogP contribution is -1.90. The molecule has 1 aromatic carbocycles. The summed E-state index contributed by atoms with van der Waals surface area (Å²) in [5, 5.41) is 0. The van der Waals surface area contributed by atoms with Crippen LogP contribution in [0.1, 0.15) is 5.56 Å². The molecule has 1 unspecified atom stereocenters. The Morgan fingerprint density at radius 2 is 2.00 bits per heavy atom. The summed E-state index contributed by atoms with van der Waals surface area (Å²) >= 11 is 0. The van der Waals surface area contributed by atoms with Crippen LogP contribution >= 0.6 is 7.77 Å². The summed E-state index contributed by atoms with van der Waals surface area (Å²) in [5.74, 6) is 0.883. The smallest absolute Gasteiger partial charge is 0.291 e. The highest BCUT2D eigenvalue weighted by Crippen LogP contribution is 2.33. The lowest BCUT2D eigenvalue weighted by atomic mass is 10.1. The molecule has 0 saturated carbocycles. The summed E-state index contributed by atoms with van der Waals surface area (Å²) < 4.78 is 5.85. The predicted molar refractivity (Wildman–Crippen MR) is 73.3 cm³/mol. The number of allylic oxidation sites excluding steroid dienone is 5. The Morgan fingerprint density at radius 1 is 1.19 bits per heavy atom. The molecule has 0 spiro atoms. The monoisotopic (exact) mass is 229 g/mol. The third-order valence-electron chi connectivity index (χ3n) is 2.31. The predicted octanol–water partition coefficient (Wildman–Crippen LogP) is 4.03. The molecule has 2 rings (SSSR count). The number of hydrogen-bond donors (Lipinski definition) is 0. The molecular weight excluding hydrogens is 215 g/mol. The van der Waals surface area contributed by atoms with Crippen molar-refractivity contribution >= 4 is 19.6 Å². The summed E-state index contributed by atoms with van der Waals surface area (Å²) in [6.45, 7) is 4.04. The van der Waals surface area contributed by atoms with Crippen molar-refractivity contribution in [1.29, 1.82) is 0 Å². The van der Waals surface area contributed by atoms with Gasteiger partial charge in [0.25, 0.3) is 0 Å². The van der Waals surface area contributed by atoms with Crippen LogP contribution in [0.3, 0.4) is 0 Å². The van der Waals surface area contributed by atoms with Crippen LogP contribution in [-0.4, -0.2) is 12.5 Å². The van der Waals surface area contributed by atoms with Crippen LogP contribution in [-0.2, 0) is 0 Å². The van der Waals surface area contributed by atoms with Crippen LogP contribution in [0.2, 0.25) is 0 Å². The molecule has 1 heterocycles. The van der Waals surface area contributed by atoms with Crippen molar-refractivity contribution in [3.63, 3.8) is 0 Å². The van der Waals surface area contributed by atoms with E-state index in [-0.39, 0.29) is 0 Å². The Labute approximate surface area is 97.2 Å². The second-order valence-electron chi connectivity index (χ2n) is 3.56. The third-order valence-corrected chi connectivity index (χ3v) is 3.39. The van der Waals surface area contributed by atoms with Gasteiger partial charge in [-0.25, -0.2) is 0 Å². The molecule has 0 fully saturated rings. The van der Waals surface area contributed by atoms with Crippen molar-refractivity contribution < 1.29 is 4.52 Å². The molecule has 2 heteroatoms. The summed E-state index contributed by atoms with van der Waals surface area (Å²) in [4.78, 5) is 0. The molecule has 1 aliphatic heterocycles. The Bertz CT molecular complexity index is 483. The van der Waals surface area contributed by atoms with E-state index in [0.717, 1.165) is 23.0 Å². The lowest BCUT2D eigenvalue weighted by molar-refractivity contribution is 0.628. The molecule has 0 radical (unpaired) electrons. The summed E-state index contributed by atoms with van der Waals surface area (Å²) in [5.41, 5.74) is 2.01. The van der Waals surface area contributed by atoms with Crippen LogP contribution < -0.4 is 4.52 Å². The summed E-state index contributed by atoms with van der Waals surface area (Å²) in [6.07, 6.45) is 13.0. The minimum atomic E-state index is -0.682. The summed E-state index contributed by atoms with van der Waals surface area (Å²) in [7, 11) is -0.682. The molecule has 0 aromatic heterocycles. The first-order valence-electron chi connectivity index (χ1n) is 5.15. The maximum absolute atomic E-state index is 5.85. The highest BCUT2D eigenvalue weighted by Gasteiger charge is 2.13. The number of benzene rings is 1. The van der Waals surface area contributed by atoms with E-state index in [1.807, 2.05) is 42.5 Å². The zero-order valence-corrected chi connectivity index (χ0v) is 9.99.